The van der Waals surface area contributed by atoms with Crippen molar-refractivity contribution in [2.75, 3.05) is 0 Å². The fraction of sp³-hybridized carbons (Fsp3) is 0.867. The van der Waals surface area contributed by atoms with Crippen LogP contribution in [0, 0.1) is 5.41 Å². The van der Waals surface area contributed by atoms with Crippen LogP contribution < -0.4 is 0 Å². The average molecular weight is 270 g/mol. The Bertz CT molecular complexity index is 322. The van der Waals surface area contributed by atoms with Crippen LogP contribution in [0.1, 0.15) is 72.6 Å². The van der Waals surface area contributed by atoms with E-state index in [0.717, 1.165) is 12.8 Å². The van der Waals surface area contributed by atoms with Gasteiger partial charge in [0, 0.05) is 0 Å². The quantitative estimate of drug-likeness (QED) is 0.509. The maximum absolute atomic E-state index is 12.3. The highest BCUT2D eigenvalue weighted by Gasteiger charge is 2.55. The van der Waals surface area contributed by atoms with E-state index >= 15 is 0 Å². The van der Waals surface area contributed by atoms with E-state index in [1.165, 1.54) is 43.9 Å². The number of hydrogen-bond donors (Lipinski definition) is 0. The molecule has 0 N–H and O–H groups in total. The van der Waals surface area contributed by atoms with Gasteiger partial charge < -0.3 is 0 Å². The summed E-state index contributed by atoms with van der Waals surface area (Å²) >= 11 is 1.26. The molecule has 0 aliphatic carbocycles. The minimum Gasteiger partial charge on any atom is -0.297 e. The minimum atomic E-state index is -0.776. The number of thioether (sulfide) groups is 1. The van der Waals surface area contributed by atoms with Crippen molar-refractivity contribution in [2.24, 2.45) is 5.41 Å². The lowest BCUT2D eigenvalue weighted by Crippen LogP contribution is -2.35. The zero-order valence-corrected chi connectivity index (χ0v) is 13.0. The molecule has 0 amide bonds. The van der Waals surface area contributed by atoms with Crippen molar-refractivity contribution in [1.29, 1.82) is 0 Å². The van der Waals surface area contributed by atoms with Crippen LogP contribution in [0.2, 0.25) is 0 Å². The molecule has 0 saturated carbocycles. The first kappa shape index (κ1) is 15.7. The van der Waals surface area contributed by atoms with Crippen molar-refractivity contribution in [2.45, 2.75) is 77.4 Å². The zero-order valence-electron chi connectivity index (χ0n) is 12.2. The highest BCUT2D eigenvalue weighted by atomic mass is 32.2. The highest BCUT2D eigenvalue weighted by molar-refractivity contribution is 8.16. The molecule has 0 bridgehead atoms. The molecule has 1 unspecified atom stereocenters. The van der Waals surface area contributed by atoms with Gasteiger partial charge in [-0.15, -0.1) is 0 Å². The van der Waals surface area contributed by atoms with Crippen molar-refractivity contribution >= 4 is 22.7 Å². The molecular weight excluding hydrogens is 244 g/mol. The molecular formula is C15H26O2S. The third-order valence-corrected chi connectivity index (χ3v) is 5.42. The molecule has 0 aromatic rings. The zero-order chi connectivity index (χ0) is 13.8. The molecule has 1 aliphatic rings. The standard InChI is InChI=1S/C15H26O2S/c1-5-6-7-8-9-10-11-15(4)12(16)14(2,3)13(17)18-15/h5-11H2,1-4H3. The number of carbonyl (C=O) groups excluding carboxylic acids is 2. The molecule has 3 heteroatoms. The number of hydrogen-bond acceptors (Lipinski definition) is 3. The molecule has 104 valence electrons. The van der Waals surface area contributed by atoms with Crippen molar-refractivity contribution in [1.82, 2.24) is 0 Å². The second-order valence-corrected chi connectivity index (χ2v) is 7.57. The molecule has 0 spiro atoms. The Balaban J connectivity index is 2.38. The van der Waals surface area contributed by atoms with Crippen LogP contribution in [0.5, 0.6) is 0 Å². The Morgan fingerprint density at radius 2 is 1.50 bits per heavy atom. The molecule has 18 heavy (non-hydrogen) atoms. The minimum absolute atomic E-state index is 0.0426. The normalized spacial score (nSPS) is 26.9. The van der Waals surface area contributed by atoms with Crippen LogP contribution in [-0.4, -0.2) is 15.6 Å². The largest absolute Gasteiger partial charge is 0.297 e. The Morgan fingerprint density at radius 1 is 0.944 bits per heavy atom. The predicted molar refractivity (Wildman–Crippen MR) is 77.8 cm³/mol. The molecule has 1 rings (SSSR count). The Morgan fingerprint density at radius 3 is 2.00 bits per heavy atom. The summed E-state index contributed by atoms with van der Waals surface area (Å²) in [5, 5.41) is 0.0426. The Hall–Kier alpha value is -0.310. The third-order valence-electron chi connectivity index (χ3n) is 3.88. The van der Waals surface area contributed by atoms with E-state index in [-0.39, 0.29) is 10.9 Å². The van der Waals surface area contributed by atoms with Crippen LogP contribution in [-0.2, 0) is 9.59 Å². The fourth-order valence-corrected chi connectivity index (χ4v) is 3.89. The summed E-state index contributed by atoms with van der Waals surface area (Å²) < 4.78 is -0.467. The van der Waals surface area contributed by atoms with Crippen LogP contribution in [0.4, 0.5) is 0 Å². The second kappa shape index (κ2) is 6.23. The van der Waals surface area contributed by atoms with Gasteiger partial charge in [-0.1, -0.05) is 57.2 Å². The topological polar surface area (TPSA) is 34.1 Å². The van der Waals surface area contributed by atoms with Gasteiger partial charge in [0.15, 0.2) is 5.78 Å². The van der Waals surface area contributed by atoms with Crippen molar-refractivity contribution in [3.05, 3.63) is 0 Å². The Labute approximate surface area is 115 Å². The maximum Gasteiger partial charge on any atom is 0.202 e. The molecule has 0 aromatic heterocycles. The number of carbonyl (C=O) groups is 2. The molecule has 0 aromatic carbocycles. The Kier molecular flexibility index (Phi) is 5.45. The molecule has 0 radical (unpaired) electrons. The van der Waals surface area contributed by atoms with Crippen molar-refractivity contribution in [3.8, 4) is 0 Å². The summed E-state index contributed by atoms with van der Waals surface area (Å²) in [5.74, 6) is 0.124. The molecule has 1 atom stereocenters. The first-order valence-electron chi connectivity index (χ1n) is 7.13. The van der Waals surface area contributed by atoms with Gasteiger partial charge in [0.25, 0.3) is 0 Å². The van der Waals surface area contributed by atoms with Gasteiger partial charge in [0.05, 0.1) is 10.2 Å². The monoisotopic (exact) mass is 270 g/mol. The van der Waals surface area contributed by atoms with Crippen LogP contribution in [0.3, 0.4) is 0 Å². The van der Waals surface area contributed by atoms with Gasteiger partial charge in [-0.2, -0.15) is 0 Å². The fourth-order valence-electron chi connectivity index (χ4n) is 2.54. The van der Waals surface area contributed by atoms with Gasteiger partial charge >= 0.3 is 0 Å². The van der Waals surface area contributed by atoms with Gasteiger partial charge in [-0.25, -0.2) is 0 Å². The SMILES string of the molecule is CCCCCCCCC1(C)SC(=O)C(C)(C)C1=O. The summed E-state index contributed by atoms with van der Waals surface area (Å²) in [6.45, 7) is 7.68. The average Bonchev–Trinajstić information content (AvgIpc) is 2.46. The summed E-state index contributed by atoms with van der Waals surface area (Å²) in [4.78, 5) is 24.1. The van der Waals surface area contributed by atoms with Gasteiger partial charge in [-0.3, -0.25) is 9.59 Å². The summed E-state index contributed by atoms with van der Waals surface area (Å²) in [6.07, 6.45) is 8.18. The smallest absolute Gasteiger partial charge is 0.202 e. The maximum atomic E-state index is 12.3. The number of rotatable bonds is 7. The predicted octanol–water partition coefficient (Wildman–Crippen LogP) is 4.36. The number of unbranched alkanes of at least 4 members (excludes halogenated alkanes) is 5. The summed E-state index contributed by atoms with van der Waals surface area (Å²) in [5.41, 5.74) is -0.776. The lowest BCUT2D eigenvalue weighted by atomic mass is 9.81. The third kappa shape index (κ3) is 3.37. The molecule has 2 nitrogen and oxygen atoms in total. The molecule has 1 aliphatic heterocycles. The first-order chi connectivity index (χ1) is 8.34. The lowest BCUT2D eigenvalue weighted by molar-refractivity contribution is -0.133. The molecule has 1 fully saturated rings. The van der Waals surface area contributed by atoms with Gasteiger partial charge in [0.1, 0.15) is 0 Å². The van der Waals surface area contributed by atoms with Crippen LogP contribution in [0.15, 0.2) is 0 Å². The van der Waals surface area contributed by atoms with E-state index in [0.29, 0.717) is 0 Å². The van der Waals surface area contributed by atoms with Crippen molar-refractivity contribution < 1.29 is 9.59 Å². The number of ketones is 1. The highest BCUT2D eigenvalue weighted by Crippen LogP contribution is 2.48. The van der Waals surface area contributed by atoms with E-state index < -0.39 is 10.2 Å². The van der Waals surface area contributed by atoms with E-state index in [4.69, 9.17) is 0 Å². The molecule has 1 saturated heterocycles. The molecule has 1 heterocycles. The van der Waals surface area contributed by atoms with E-state index in [2.05, 4.69) is 6.92 Å². The van der Waals surface area contributed by atoms with Gasteiger partial charge in [0.2, 0.25) is 5.12 Å². The van der Waals surface area contributed by atoms with E-state index in [1.54, 1.807) is 13.8 Å². The van der Waals surface area contributed by atoms with Crippen LogP contribution in [0.25, 0.3) is 0 Å². The first-order valence-corrected chi connectivity index (χ1v) is 7.94. The lowest BCUT2D eigenvalue weighted by Gasteiger charge is -2.22. The van der Waals surface area contributed by atoms with Gasteiger partial charge in [-0.05, 0) is 27.2 Å². The summed E-state index contributed by atoms with van der Waals surface area (Å²) in [6, 6.07) is 0. The van der Waals surface area contributed by atoms with Crippen LogP contribution >= 0.6 is 11.8 Å². The van der Waals surface area contributed by atoms with Crippen molar-refractivity contribution in [3.63, 3.8) is 0 Å². The summed E-state index contributed by atoms with van der Waals surface area (Å²) in [7, 11) is 0. The van der Waals surface area contributed by atoms with E-state index in [9.17, 15) is 9.59 Å². The van der Waals surface area contributed by atoms with E-state index in [1.807, 2.05) is 6.92 Å². The second-order valence-electron chi connectivity index (χ2n) is 6.09. The number of Topliss-reactive ketones (excluding diaryl/α,β-unsaturated/α-hetero) is 1.